The van der Waals surface area contributed by atoms with E-state index in [1.54, 1.807) is 0 Å². The monoisotopic (exact) mass is 247 g/mol. The molecule has 0 saturated heterocycles. The van der Waals surface area contributed by atoms with E-state index >= 15 is 0 Å². The van der Waals surface area contributed by atoms with Crippen LogP contribution in [0.4, 0.5) is 0 Å². The molecule has 94 valence electrons. The predicted octanol–water partition coefficient (Wildman–Crippen LogP) is 4.83. The minimum atomic E-state index is 1.09. The van der Waals surface area contributed by atoms with Crippen LogP contribution < -0.4 is 0 Å². The molecule has 0 aliphatic carbocycles. The van der Waals surface area contributed by atoms with Crippen molar-refractivity contribution in [2.24, 2.45) is 0 Å². The Morgan fingerprint density at radius 3 is 2.32 bits per heavy atom. The lowest BCUT2D eigenvalue weighted by Gasteiger charge is -2.10. The number of pyridine rings is 1. The second kappa shape index (κ2) is 4.51. The average molecular weight is 247 g/mol. The van der Waals surface area contributed by atoms with Gasteiger partial charge in [0.25, 0.3) is 0 Å². The van der Waals surface area contributed by atoms with Crippen LogP contribution in [0.25, 0.3) is 22.0 Å². The van der Waals surface area contributed by atoms with Gasteiger partial charge in [-0.05, 0) is 49.6 Å². The molecule has 0 N–H and O–H groups in total. The van der Waals surface area contributed by atoms with Crippen molar-refractivity contribution in [3.05, 3.63) is 65.4 Å². The van der Waals surface area contributed by atoms with Gasteiger partial charge in [-0.25, -0.2) is 0 Å². The van der Waals surface area contributed by atoms with Gasteiger partial charge < -0.3 is 0 Å². The fourth-order valence-corrected chi connectivity index (χ4v) is 2.64. The lowest BCUT2D eigenvalue weighted by molar-refractivity contribution is 1.24. The molecule has 0 amide bonds. The summed E-state index contributed by atoms with van der Waals surface area (Å²) in [6, 6.07) is 17.1. The van der Waals surface area contributed by atoms with Gasteiger partial charge in [0.2, 0.25) is 0 Å². The van der Waals surface area contributed by atoms with E-state index in [1.807, 2.05) is 6.07 Å². The molecule has 0 unspecified atom stereocenters. The van der Waals surface area contributed by atoms with Gasteiger partial charge in [0.15, 0.2) is 0 Å². The van der Waals surface area contributed by atoms with Crippen molar-refractivity contribution in [1.82, 2.24) is 4.98 Å². The quantitative estimate of drug-likeness (QED) is 0.600. The molecule has 3 rings (SSSR count). The van der Waals surface area contributed by atoms with Gasteiger partial charge in [0, 0.05) is 16.6 Å². The van der Waals surface area contributed by atoms with Gasteiger partial charge in [-0.2, -0.15) is 0 Å². The zero-order valence-corrected chi connectivity index (χ0v) is 11.6. The molecule has 1 nitrogen and oxygen atoms in total. The first-order chi connectivity index (χ1) is 9.15. The van der Waals surface area contributed by atoms with Crippen molar-refractivity contribution in [1.29, 1.82) is 0 Å². The summed E-state index contributed by atoms with van der Waals surface area (Å²) in [5.74, 6) is 0. The number of hydrogen-bond donors (Lipinski definition) is 0. The Morgan fingerprint density at radius 2 is 1.58 bits per heavy atom. The largest absolute Gasteiger partial charge is 0.252 e. The Morgan fingerprint density at radius 1 is 0.842 bits per heavy atom. The summed E-state index contributed by atoms with van der Waals surface area (Å²) in [6.07, 6.45) is 0. The van der Waals surface area contributed by atoms with Crippen LogP contribution in [0.15, 0.2) is 48.5 Å². The molecule has 0 aliphatic rings. The molecule has 3 aromatic rings. The molecule has 1 aromatic heterocycles. The van der Waals surface area contributed by atoms with Crippen LogP contribution in [0.3, 0.4) is 0 Å². The maximum atomic E-state index is 4.77. The lowest BCUT2D eigenvalue weighted by Crippen LogP contribution is -1.92. The van der Waals surface area contributed by atoms with Crippen molar-refractivity contribution < 1.29 is 0 Å². The number of nitrogens with zero attached hydrogens (tertiary/aromatic N) is 1. The van der Waals surface area contributed by atoms with Crippen LogP contribution in [0.5, 0.6) is 0 Å². The molecular formula is C18H17N. The Hall–Kier alpha value is -2.15. The highest BCUT2D eigenvalue weighted by Gasteiger charge is 2.07. The first kappa shape index (κ1) is 11.9. The average Bonchev–Trinajstić information content (AvgIpc) is 2.38. The third kappa shape index (κ3) is 2.12. The Bertz CT molecular complexity index is 742. The maximum absolute atomic E-state index is 4.77. The fraction of sp³-hybridized carbons (Fsp3) is 0.167. The van der Waals surface area contributed by atoms with Gasteiger partial charge in [-0.15, -0.1) is 0 Å². The molecule has 2 aromatic carbocycles. The van der Waals surface area contributed by atoms with E-state index in [2.05, 4.69) is 63.2 Å². The Balaban J connectivity index is 2.31. The molecule has 0 atom stereocenters. The molecular weight excluding hydrogens is 230 g/mol. The van der Waals surface area contributed by atoms with E-state index in [4.69, 9.17) is 4.98 Å². The Labute approximate surface area is 113 Å². The molecule has 0 spiro atoms. The van der Waals surface area contributed by atoms with Gasteiger partial charge in [0.1, 0.15) is 0 Å². The lowest BCUT2D eigenvalue weighted by atomic mass is 9.99. The van der Waals surface area contributed by atoms with Crippen LogP contribution in [-0.4, -0.2) is 4.98 Å². The zero-order chi connectivity index (χ0) is 13.4. The third-order valence-electron chi connectivity index (χ3n) is 3.56. The molecule has 0 bridgehead atoms. The number of hydrogen-bond acceptors (Lipinski definition) is 1. The first-order valence-corrected chi connectivity index (χ1v) is 6.59. The zero-order valence-electron chi connectivity index (χ0n) is 11.6. The molecule has 0 aliphatic heterocycles. The van der Waals surface area contributed by atoms with Gasteiger partial charge >= 0.3 is 0 Å². The van der Waals surface area contributed by atoms with Gasteiger partial charge in [-0.3, -0.25) is 4.98 Å². The van der Waals surface area contributed by atoms with Gasteiger partial charge in [-0.1, -0.05) is 36.4 Å². The summed E-state index contributed by atoms with van der Waals surface area (Å²) in [4.78, 5) is 4.77. The van der Waals surface area contributed by atoms with Crippen LogP contribution in [0, 0.1) is 20.8 Å². The van der Waals surface area contributed by atoms with Crippen LogP contribution in [0.2, 0.25) is 0 Å². The molecule has 1 heterocycles. The molecule has 0 radical (unpaired) electrons. The van der Waals surface area contributed by atoms with E-state index in [1.165, 1.54) is 27.6 Å². The highest BCUT2D eigenvalue weighted by Crippen LogP contribution is 2.28. The number of benzene rings is 2. The maximum Gasteiger partial charge on any atom is 0.0710 e. The standard InChI is InChI=1S/C18H17N/c1-12-9-13(2)16-11-17(14(3)19-18(16)10-12)15-7-5-4-6-8-15/h4-11H,1-3H3. The normalized spacial score (nSPS) is 10.9. The molecule has 0 fully saturated rings. The summed E-state index contributed by atoms with van der Waals surface area (Å²) in [5.41, 5.74) is 7.19. The molecule has 0 saturated carbocycles. The first-order valence-electron chi connectivity index (χ1n) is 6.59. The summed E-state index contributed by atoms with van der Waals surface area (Å²) in [6.45, 7) is 6.36. The third-order valence-corrected chi connectivity index (χ3v) is 3.56. The highest BCUT2D eigenvalue weighted by molar-refractivity contribution is 5.88. The van der Waals surface area contributed by atoms with Gasteiger partial charge in [0.05, 0.1) is 5.52 Å². The van der Waals surface area contributed by atoms with Crippen LogP contribution in [-0.2, 0) is 0 Å². The summed E-state index contributed by atoms with van der Waals surface area (Å²) in [7, 11) is 0. The summed E-state index contributed by atoms with van der Waals surface area (Å²) in [5, 5.41) is 1.25. The highest BCUT2D eigenvalue weighted by atomic mass is 14.7. The van der Waals surface area contributed by atoms with Crippen LogP contribution in [0.1, 0.15) is 16.8 Å². The van der Waals surface area contributed by atoms with E-state index in [0.29, 0.717) is 0 Å². The van der Waals surface area contributed by atoms with E-state index in [9.17, 15) is 0 Å². The van der Waals surface area contributed by atoms with Crippen molar-refractivity contribution >= 4 is 10.9 Å². The number of rotatable bonds is 1. The fourth-order valence-electron chi connectivity index (χ4n) is 2.64. The van der Waals surface area contributed by atoms with Crippen molar-refractivity contribution in [2.75, 3.05) is 0 Å². The van der Waals surface area contributed by atoms with Crippen molar-refractivity contribution in [3.63, 3.8) is 0 Å². The second-order valence-electron chi connectivity index (χ2n) is 5.14. The van der Waals surface area contributed by atoms with Crippen molar-refractivity contribution in [2.45, 2.75) is 20.8 Å². The minimum absolute atomic E-state index is 1.09. The van der Waals surface area contributed by atoms with Crippen LogP contribution >= 0.6 is 0 Å². The predicted molar refractivity (Wildman–Crippen MR) is 81.4 cm³/mol. The SMILES string of the molecule is Cc1cc(C)c2cc(-c3ccccc3)c(C)nc2c1. The Kier molecular flexibility index (Phi) is 2.83. The molecule has 19 heavy (non-hydrogen) atoms. The smallest absolute Gasteiger partial charge is 0.0710 e. The molecule has 1 heteroatoms. The summed E-state index contributed by atoms with van der Waals surface area (Å²) < 4.78 is 0. The number of aryl methyl sites for hydroxylation is 3. The topological polar surface area (TPSA) is 12.9 Å². The minimum Gasteiger partial charge on any atom is -0.252 e. The van der Waals surface area contributed by atoms with E-state index in [-0.39, 0.29) is 0 Å². The van der Waals surface area contributed by atoms with E-state index in [0.717, 1.165) is 11.2 Å². The van der Waals surface area contributed by atoms with Crippen molar-refractivity contribution in [3.8, 4) is 11.1 Å². The van der Waals surface area contributed by atoms with E-state index < -0.39 is 0 Å². The number of fused-ring (bicyclic) bond motifs is 1. The second-order valence-corrected chi connectivity index (χ2v) is 5.14. The summed E-state index contributed by atoms with van der Waals surface area (Å²) >= 11 is 0. The number of aromatic nitrogens is 1.